The molecule has 15 rings (SSSR count). The minimum atomic E-state index is 0.0792. The van der Waals surface area contributed by atoms with Crippen molar-refractivity contribution in [1.29, 1.82) is 0 Å². The molecule has 2 atom stereocenters. The van der Waals surface area contributed by atoms with Gasteiger partial charge in [-0.2, -0.15) is 0 Å². The van der Waals surface area contributed by atoms with Crippen molar-refractivity contribution >= 4 is 88.0 Å². The summed E-state index contributed by atoms with van der Waals surface area (Å²) in [5.41, 5.74) is 19.4. The highest BCUT2D eigenvalue weighted by Gasteiger charge is 2.42. The first-order valence-electron chi connectivity index (χ1n) is 25.0. The zero-order valence-electron chi connectivity index (χ0n) is 39.6. The minimum absolute atomic E-state index is 0.0792. The smallest absolute Gasteiger partial charge is 0.159 e. The number of aromatic nitrogens is 1. The second kappa shape index (κ2) is 16.7. The van der Waals surface area contributed by atoms with E-state index in [1.165, 1.54) is 64.9 Å². The third-order valence-corrected chi connectivity index (χ3v) is 16.3. The zero-order valence-corrected chi connectivity index (χ0v) is 40.5. The van der Waals surface area contributed by atoms with E-state index < -0.39 is 0 Å². The van der Waals surface area contributed by atoms with Gasteiger partial charge in [0.1, 0.15) is 5.58 Å². The van der Waals surface area contributed by atoms with Crippen LogP contribution in [-0.4, -0.2) is 4.57 Å². The second-order valence-electron chi connectivity index (χ2n) is 19.2. The molecule has 0 radical (unpaired) electrons. The molecule has 73 heavy (non-hydrogen) atoms. The van der Waals surface area contributed by atoms with Gasteiger partial charge in [0.15, 0.2) is 5.58 Å². The number of nitrogens with zero attached hydrogens (tertiary/aromatic N) is 3. The van der Waals surface area contributed by atoms with Crippen LogP contribution in [0.3, 0.4) is 0 Å². The maximum atomic E-state index is 6.69. The highest BCUT2D eigenvalue weighted by molar-refractivity contribution is 7.25. The molecule has 2 unspecified atom stereocenters. The Balaban J connectivity index is 0.824. The average Bonchev–Trinajstić information content (AvgIpc) is 4.25. The molecule has 0 bridgehead atoms. The number of para-hydroxylation sites is 3. The van der Waals surface area contributed by atoms with Crippen molar-refractivity contribution in [2.45, 2.75) is 12.0 Å². The number of thiophene rings is 1. The number of furan rings is 1. The molecule has 0 N–H and O–H groups in total. The van der Waals surface area contributed by atoms with Gasteiger partial charge in [0, 0.05) is 77.1 Å². The summed E-state index contributed by atoms with van der Waals surface area (Å²) in [6, 6.07) is 88.4. The fraction of sp³-hybridized carbons (Fsp3) is 0.0294. The number of hydrogen-bond donors (Lipinski definition) is 0. The van der Waals surface area contributed by atoms with E-state index in [2.05, 4.69) is 269 Å². The van der Waals surface area contributed by atoms with Gasteiger partial charge in [-0.05, 0) is 142 Å². The van der Waals surface area contributed by atoms with Gasteiger partial charge in [0.2, 0.25) is 0 Å². The molecular weight excluding hydrogens is 907 g/mol. The van der Waals surface area contributed by atoms with Crippen LogP contribution in [0.4, 0.5) is 28.4 Å². The molecule has 0 amide bonds. The van der Waals surface area contributed by atoms with E-state index in [1.54, 1.807) is 0 Å². The van der Waals surface area contributed by atoms with E-state index in [1.807, 2.05) is 17.4 Å². The van der Waals surface area contributed by atoms with E-state index in [9.17, 15) is 0 Å². The molecule has 10 aromatic carbocycles. The Kier molecular flexibility index (Phi) is 9.54. The summed E-state index contributed by atoms with van der Waals surface area (Å²) in [5.74, 6) is 0.167. The first kappa shape index (κ1) is 41.6. The van der Waals surface area contributed by atoms with E-state index in [-0.39, 0.29) is 12.0 Å². The van der Waals surface area contributed by atoms with Gasteiger partial charge in [-0.15, -0.1) is 11.3 Å². The topological polar surface area (TPSA) is 24.6 Å². The van der Waals surface area contributed by atoms with Gasteiger partial charge in [0.05, 0.1) is 17.4 Å². The van der Waals surface area contributed by atoms with E-state index in [0.717, 1.165) is 61.5 Å². The summed E-state index contributed by atoms with van der Waals surface area (Å²) in [4.78, 5) is 4.93. The molecule has 3 aromatic heterocycles. The summed E-state index contributed by atoms with van der Waals surface area (Å²) >= 11 is 1.87. The summed E-state index contributed by atoms with van der Waals surface area (Å²) in [6.45, 7) is 0. The Morgan fingerprint density at radius 2 is 1.07 bits per heavy atom. The van der Waals surface area contributed by atoms with Gasteiger partial charge in [0.25, 0.3) is 0 Å². The lowest BCUT2D eigenvalue weighted by molar-refractivity contribution is 0.665. The molecule has 0 saturated carbocycles. The summed E-state index contributed by atoms with van der Waals surface area (Å²) < 4.78 is 11.7. The lowest BCUT2D eigenvalue weighted by Crippen LogP contribution is -2.23. The van der Waals surface area contributed by atoms with Crippen molar-refractivity contribution < 1.29 is 4.42 Å². The molecule has 2 aliphatic rings. The van der Waals surface area contributed by atoms with Crippen LogP contribution in [0.15, 0.2) is 259 Å². The van der Waals surface area contributed by atoms with Crippen LogP contribution in [-0.2, 0) is 0 Å². The van der Waals surface area contributed by atoms with Crippen molar-refractivity contribution in [3.63, 3.8) is 0 Å². The standard InChI is InChI=1S/C68H45N3OS/c1-3-13-44(14-4-1)45-25-31-51(32-26-45)70(63-22-12-21-57-54-19-7-9-23-64(54)72-68(57)63)53-18-11-15-47(41-53)46-27-33-52(34-28-46)71-62-36-29-48(49-30-38-66-60(43-49)55-20-8-10-24-65(55)73-66)42-59(62)56-35-37-61-58(67(56)71)39-40-69(61)50-16-5-2-6-17-50/h1-43,56,67H. The van der Waals surface area contributed by atoms with Gasteiger partial charge in [-0.3, -0.25) is 0 Å². The lowest BCUT2D eigenvalue weighted by atomic mass is 9.85. The Hall–Kier alpha value is -9.16. The predicted molar refractivity (Wildman–Crippen MR) is 306 cm³/mol. The fourth-order valence-corrected chi connectivity index (χ4v) is 12.8. The number of hydrogen-bond acceptors (Lipinski definition) is 4. The molecule has 0 fully saturated rings. The van der Waals surface area contributed by atoms with E-state index in [0.29, 0.717) is 0 Å². The molecule has 4 heterocycles. The number of rotatable bonds is 8. The Bertz CT molecular complexity index is 4280. The predicted octanol–water partition coefficient (Wildman–Crippen LogP) is 19.2. The van der Waals surface area contributed by atoms with Crippen LogP contribution >= 0.6 is 11.3 Å². The van der Waals surface area contributed by atoms with Crippen LogP contribution in [0.2, 0.25) is 0 Å². The SMILES string of the molecule is C1=CC2c3cc(-c4ccc5sc6ccccc6c5c4)ccc3N(c3ccc(-c4cccc(N(c5ccc(-c6ccccc6)cc5)c5cccc6c5oc5ccccc56)c4)cc3)C2c2ccn(-c3ccccc3)c21. The van der Waals surface area contributed by atoms with Gasteiger partial charge >= 0.3 is 0 Å². The quantitative estimate of drug-likeness (QED) is 0.152. The molecule has 1 aliphatic carbocycles. The van der Waals surface area contributed by atoms with Crippen LogP contribution in [0.25, 0.3) is 87.3 Å². The average molecular weight is 952 g/mol. The van der Waals surface area contributed by atoms with Gasteiger partial charge < -0.3 is 18.8 Å². The van der Waals surface area contributed by atoms with Gasteiger partial charge in [-0.25, -0.2) is 0 Å². The Morgan fingerprint density at radius 1 is 0.425 bits per heavy atom. The van der Waals surface area contributed by atoms with Crippen LogP contribution in [0.1, 0.15) is 28.8 Å². The van der Waals surface area contributed by atoms with E-state index in [4.69, 9.17) is 4.42 Å². The molecular formula is C68H45N3OS. The van der Waals surface area contributed by atoms with Crippen LogP contribution in [0, 0.1) is 0 Å². The highest BCUT2D eigenvalue weighted by Crippen LogP contribution is 2.57. The second-order valence-corrected chi connectivity index (χ2v) is 20.3. The third kappa shape index (κ3) is 6.81. The Morgan fingerprint density at radius 3 is 1.93 bits per heavy atom. The van der Waals surface area contributed by atoms with E-state index >= 15 is 0 Å². The van der Waals surface area contributed by atoms with Crippen molar-refractivity contribution in [2.75, 3.05) is 9.80 Å². The Labute approximate surface area is 427 Å². The fourth-order valence-electron chi connectivity index (χ4n) is 11.8. The van der Waals surface area contributed by atoms with Crippen molar-refractivity contribution in [1.82, 2.24) is 4.57 Å². The molecule has 4 nitrogen and oxygen atoms in total. The molecule has 0 spiro atoms. The lowest BCUT2D eigenvalue weighted by Gasteiger charge is -2.32. The summed E-state index contributed by atoms with van der Waals surface area (Å²) in [7, 11) is 0. The molecule has 0 saturated heterocycles. The number of benzene rings is 10. The van der Waals surface area contributed by atoms with Crippen molar-refractivity contribution in [3.05, 3.63) is 272 Å². The maximum absolute atomic E-state index is 6.69. The molecule has 344 valence electrons. The maximum Gasteiger partial charge on any atom is 0.159 e. The van der Waals surface area contributed by atoms with Crippen LogP contribution in [0.5, 0.6) is 0 Å². The number of fused-ring (bicyclic) bond motifs is 11. The first-order chi connectivity index (χ1) is 36.2. The van der Waals surface area contributed by atoms with Crippen LogP contribution < -0.4 is 9.80 Å². The molecule has 13 aromatic rings. The summed E-state index contributed by atoms with van der Waals surface area (Å²) in [6.07, 6.45) is 7.03. The minimum Gasteiger partial charge on any atom is -0.454 e. The first-order valence-corrected chi connectivity index (χ1v) is 25.9. The molecule has 5 heteroatoms. The van der Waals surface area contributed by atoms with Gasteiger partial charge in [-0.1, -0.05) is 152 Å². The third-order valence-electron chi connectivity index (χ3n) is 15.2. The van der Waals surface area contributed by atoms with Crippen molar-refractivity contribution in [2.24, 2.45) is 0 Å². The van der Waals surface area contributed by atoms with Crippen molar-refractivity contribution in [3.8, 4) is 39.1 Å². The number of anilines is 5. The normalized spacial score (nSPS) is 14.8. The zero-order chi connectivity index (χ0) is 48.0. The summed E-state index contributed by atoms with van der Waals surface area (Å²) in [5, 5.41) is 4.85. The molecule has 1 aliphatic heterocycles. The highest BCUT2D eigenvalue weighted by atomic mass is 32.1. The largest absolute Gasteiger partial charge is 0.454 e. The monoisotopic (exact) mass is 951 g/mol.